The topological polar surface area (TPSA) is 41.8 Å². The van der Waals surface area contributed by atoms with E-state index in [2.05, 4.69) is 33.9 Å². The average molecular weight is 410 g/mol. The van der Waals surface area contributed by atoms with Crippen LogP contribution in [0.4, 0.5) is 0 Å². The van der Waals surface area contributed by atoms with E-state index in [-0.39, 0.29) is 11.1 Å². The lowest BCUT2D eigenvalue weighted by molar-refractivity contribution is 0.198. The Hall–Kier alpha value is -2.01. The van der Waals surface area contributed by atoms with Crippen LogP contribution in [0.2, 0.25) is 18.1 Å². The quantitative estimate of drug-likeness (QED) is 0.337. The average Bonchev–Trinajstić information content (AvgIpc) is 2.69. The number of rotatable bonds is 8. The molecule has 0 unspecified atom stereocenters. The van der Waals surface area contributed by atoms with E-state index < -0.39 is 14.4 Å². The molecule has 0 aliphatic heterocycles. The van der Waals surface area contributed by atoms with Crippen LogP contribution >= 0.6 is 0 Å². The number of nitrogens with zero attached hydrogens (tertiary/aromatic N) is 1. The summed E-state index contributed by atoms with van der Waals surface area (Å²) in [6, 6.07) is 19.9. The maximum absolute atomic E-state index is 10.6. The molecule has 0 radical (unpaired) electrons. The number of aliphatic hydroxyl groups is 1. The molecule has 0 bridgehead atoms. The summed E-state index contributed by atoms with van der Waals surface area (Å²) in [5.41, 5.74) is 2.98. The first-order valence-electron chi connectivity index (χ1n) is 10.3. The minimum Gasteiger partial charge on any atom is -0.413 e. The third-order valence-electron chi connectivity index (χ3n) is 5.60. The van der Waals surface area contributed by atoms with E-state index in [4.69, 9.17) is 9.42 Å². The van der Waals surface area contributed by atoms with Gasteiger partial charge in [0.05, 0.1) is 24.5 Å². The first kappa shape index (κ1) is 23.3. The number of aliphatic imine (C=N–C) groups is 1. The van der Waals surface area contributed by atoms with Crippen LogP contribution < -0.4 is 0 Å². The Kier molecular flexibility index (Phi) is 8.14. The van der Waals surface area contributed by atoms with Crippen molar-refractivity contribution < 1.29 is 9.53 Å². The zero-order chi connectivity index (χ0) is 21.5. The van der Waals surface area contributed by atoms with Gasteiger partial charge in [-0.15, -0.1) is 0 Å². The van der Waals surface area contributed by atoms with Gasteiger partial charge in [0.15, 0.2) is 8.32 Å². The van der Waals surface area contributed by atoms with Crippen LogP contribution in [-0.4, -0.2) is 37.9 Å². The van der Waals surface area contributed by atoms with Gasteiger partial charge < -0.3 is 9.53 Å². The van der Waals surface area contributed by atoms with Crippen molar-refractivity contribution in [2.45, 2.75) is 58.0 Å². The SMILES string of the molecule is C[C@H](N=C(c1ccccc1)c1ccccc1)[C@@H](O)/C=C\CO[Si](C)(C)C(C)(C)C. The molecule has 0 amide bonds. The molecule has 2 aromatic rings. The molecule has 2 rings (SSSR count). The predicted molar refractivity (Wildman–Crippen MR) is 126 cm³/mol. The van der Waals surface area contributed by atoms with Crippen molar-refractivity contribution in [3.8, 4) is 0 Å². The van der Waals surface area contributed by atoms with Gasteiger partial charge in [0, 0.05) is 11.1 Å². The fourth-order valence-corrected chi connectivity index (χ4v) is 3.56. The monoisotopic (exact) mass is 409 g/mol. The largest absolute Gasteiger partial charge is 0.413 e. The maximum atomic E-state index is 10.6. The van der Waals surface area contributed by atoms with E-state index in [1.54, 1.807) is 6.08 Å². The van der Waals surface area contributed by atoms with Gasteiger partial charge in [-0.25, -0.2) is 0 Å². The molecular formula is C25H35NO2Si. The molecule has 0 spiro atoms. The fraction of sp³-hybridized carbons (Fsp3) is 0.400. The summed E-state index contributed by atoms with van der Waals surface area (Å²) in [5, 5.41) is 10.8. The highest BCUT2D eigenvalue weighted by atomic mass is 28.4. The molecule has 0 fully saturated rings. The van der Waals surface area contributed by atoms with Crippen molar-refractivity contribution in [1.29, 1.82) is 0 Å². The third-order valence-corrected chi connectivity index (χ3v) is 10.1. The van der Waals surface area contributed by atoms with Crippen LogP contribution in [0.1, 0.15) is 38.8 Å². The van der Waals surface area contributed by atoms with Crippen LogP contribution in [0.5, 0.6) is 0 Å². The zero-order valence-electron chi connectivity index (χ0n) is 18.6. The molecule has 0 heterocycles. The second kappa shape index (κ2) is 10.1. The highest BCUT2D eigenvalue weighted by Gasteiger charge is 2.36. The van der Waals surface area contributed by atoms with Crippen molar-refractivity contribution in [2.24, 2.45) is 4.99 Å². The number of aliphatic hydroxyl groups excluding tert-OH is 1. The van der Waals surface area contributed by atoms with Crippen molar-refractivity contribution in [3.63, 3.8) is 0 Å². The van der Waals surface area contributed by atoms with Gasteiger partial charge in [-0.2, -0.15) is 0 Å². The fourth-order valence-electron chi connectivity index (χ4n) is 2.62. The van der Waals surface area contributed by atoms with Crippen LogP contribution in [-0.2, 0) is 4.43 Å². The Morgan fingerprint density at radius 3 is 1.93 bits per heavy atom. The molecule has 156 valence electrons. The molecule has 1 N–H and O–H groups in total. The predicted octanol–water partition coefficient (Wildman–Crippen LogP) is 5.85. The van der Waals surface area contributed by atoms with Gasteiger partial charge >= 0.3 is 0 Å². The second-order valence-electron chi connectivity index (χ2n) is 8.94. The summed E-state index contributed by atoms with van der Waals surface area (Å²) in [6.07, 6.45) is 3.05. The lowest BCUT2D eigenvalue weighted by Gasteiger charge is -2.35. The Balaban J connectivity index is 2.11. The Labute approximate surface area is 177 Å². The molecule has 2 aromatic carbocycles. The minimum absolute atomic E-state index is 0.178. The molecule has 29 heavy (non-hydrogen) atoms. The van der Waals surface area contributed by atoms with Gasteiger partial charge in [0.25, 0.3) is 0 Å². The van der Waals surface area contributed by atoms with Gasteiger partial charge in [-0.05, 0) is 25.1 Å². The minimum atomic E-state index is -1.78. The van der Waals surface area contributed by atoms with Gasteiger partial charge in [-0.3, -0.25) is 4.99 Å². The first-order valence-corrected chi connectivity index (χ1v) is 13.2. The van der Waals surface area contributed by atoms with Crippen LogP contribution in [0.25, 0.3) is 0 Å². The highest BCUT2D eigenvalue weighted by Crippen LogP contribution is 2.36. The highest BCUT2D eigenvalue weighted by molar-refractivity contribution is 6.74. The molecular weight excluding hydrogens is 374 g/mol. The molecule has 0 aliphatic carbocycles. The summed E-state index contributed by atoms with van der Waals surface area (Å²) < 4.78 is 6.15. The van der Waals surface area contributed by atoms with Gasteiger partial charge in [0.2, 0.25) is 0 Å². The molecule has 3 nitrogen and oxygen atoms in total. The van der Waals surface area contributed by atoms with Crippen LogP contribution in [0, 0.1) is 0 Å². The van der Waals surface area contributed by atoms with Gasteiger partial charge in [0.1, 0.15) is 0 Å². The van der Waals surface area contributed by atoms with Crippen LogP contribution in [0.15, 0.2) is 77.8 Å². The Morgan fingerprint density at radius 2 is 1.48 bits per heavy atom. The second-order valence-corrected chi connectivity index (χ2v) is 13.7. The Morgan fingerprint density at radius 1 is 1.00 bits per heavy atom. The normalized spacial score (nSPS) is 14.6. The van der Waals surface area contributed by atoms with E-state index in [1.807, 2.05) is 73.7 Å². The van der Waals surface area contributed by atoms with Crippen LogP contribution in [0.3, 0.4) is 0 Å². The van der Waals surface area contributed by atoms with E-state index in [9.17, 15) is 5.11 Å². The molecule has 0 aromatic heterocycles. The summed E-state index contributed by atoms with van der Waals surface area (Å²) in [6.45, 7) is 13.6. The summed E-state index contributed by atoms with van der Waals surface area (Å²) >= 11 is 0. The summed E-state index contributed by atoms with van der Waals surface area (Å²) in [5.74, 6) is 0. The van der Waals surface area contributed by atoms with Gasteiger partial charge in [-0.1, -0.05) is 93.6 Å². The lowest BCUT2D eigenvalue weighted by atomic mass is 10.0. The van der Waals surface area contributed by atoms with E-state index in [0.29, 0.717) is 6.61 Å². The van der Waals surface area contributed by atoms with E-state index in [0.717, 1.165) is 16.8 Å². The molecule has 0 aliphatic rings. The van der Waals surface area contributed by atoms with Crippen molar-refractivity contribution in [1.82, 2.24) is 0 Å². The number of benzene rings is 2. The molecule has 0 saturated heterocycles. The van der Waals surface area contributed by atoms with E-state index >= 15 is 0 Å². The lowest BCUT2D eigenvalue weighted by Crippen LogP contribution is -2.40. The number of hydrogen-bond acceptors (Lipinski definition) is 3. The van der Waals surface area contributed by atoms with Crippen molar-refractivity contribution >= 4 is 14.0 Å². The smallest absolute Gasteiger partial charge is 0.192 e. The maximum Gasteiger partial charge on any atom is 0.192 e. The summed E-state index contributed by atoms with van der Waals surface area (Å²) in [4.78, 5) is 4.87. The Bertz CT molecular complexity index is 766. The van der Waals surface area contributed by atoms with E-state index in [1.165, 1.54) is 0 Å². The third kappa shape index (κ3) is 6.77. The number of hydrogen-bond donors (Lipinski definition) is 1. The molecule has 2 atom stereocenters. The zero-order valence-corrected chi connectivity index (χ0v) is 19.6. The van der Waals surface area contributed by atoms with Crippen molar-refractivity contribution in [2.75, 3.05) is 6.61 Å². The summed E-state index contributed by atoms with van der Waals surface area (Å²) in [7, 11) is -1.78. The molecule has 0 saturated carbocycles. The standard InChI is InChI=1S/C25H35NO2Si/c1-20(23(27)18-13-19-28-29(5,6)25(2,3)4)26-24(21-14-9-7-10-15-21)22-16-11-8-12-17-22/h7-18,20,23,27H,19H2,1-6H3/b18-13-/t20-,23-/m0/s1. The molecule has 4 heteroatoms. The van der Waals surface area contributed by atoms with Crippen molar-refractivity contribution in [3.05, 3.63) is 83.9 Å². The first-order chi connectivity index (χ1) is 13.6.